The van der Waals surface area contributed by atoms with E-state index >= 15 is 0 Å². The van der Waals surface area contributed by atoms with Crippen LogP contribution in [0, 0.1) is 0 Å². The summed E-state index contributed by atoms with van der Waals surface area (Å²) in [6.45, 7) is 0.727. The fraction of sp³-hybridized carbons (Fsp3) is 0.538. The Morgan fingerprint density at radius 1 is 1.05 bits per heavy atom. The van der Waals surface area contributed by atoms with E-state index in [0.717, 1.165) is 5.69 Å². The van der Waals surface area contributed by atoms with Gasteiger partial charge in [0.25, 0.3) is 0 Å². The third-order valence-corrected chi connectivity index (χ3v) is 3.16. The van der Waals surface area contributed by atoms with E-state index in [4.69, 9.17) is 5.11 Å². The summed E-state index contributed by atoms with van der Waals surface area (Å²) in [4.78, 5) is 3.39. The van der Waals surface area contributed by atoms with Gasteiger partial charge in [-0.15, -0.1) is 0 Å². The summed E-state index contributed by atoms with van der Waals surface area (Å²) in [6, 6.07) is 7.11. The SMILES string of the molecule is OCCCN1CCN(CC(F)(F)F)c2ccccc21. The molecule has 0 radical (unpaired) electrons. The number of anilines is 2. The van der Waals surface area contributed by atoms with Crippen LogP contribution in [-0.4, -0.2) is 44.1 Å². The molecular formula is C13H17F3N2O. The van der Waals surface area contributed by atoms with Gasteiger partial charge in [-0.2, -0.15) is 13.2 Å². The molecule has 0 fully saturated rings. The van der Waals surface area contributed by atoms with Crippen molar-refractivity contribution < 1.29 is 18.3 Å². The Balaban J connectivity index is 2.19. The Labute approximate surface area is 110 Å². The first-order valence-electron chi connectivity index (χ1n) is 6.28. The maximum atomic E-state index is 12.5. The van der Waals surface area contributed by atoms with Gasteiger partial charge in [-0.25, -0.2) is 0 Å². The molecule has 6 heteroatoms. The molecule has 0 aliphatic carbocycles. The zero-order chi connectivity index (χ0) is 13.9. The molecule has 1 heterocycles. The summed E-state index contributed by atoms with van der Waals surface area (Å²) in [5.74, 6) is 0. The lowest BCUT2D eigenvalue weighted by Gasteiger charge is -2.39. The van der Waals surface area contributed by atoms with E-state index in [1.807, 2.05) is 17.0 Å². The monoisotopic (exact) mass is 274 g/mol. The lowest BCUT2D eigenvalue weighted by atomic mass is 10.1. The maximum Gasteiger partial charge on any atom is 0.405 e. The normalized spacial score (nSPS) is 15.6. The van der Waals surface area contributed by atoms with Crippen LogP contribution in [0.15, 0.2) is 24.3 Å². The van der Waals surface area contributed by atoms with Crippen LogP contribution in [0.2, 0.25) is 0 Å². The van der Waals surface area contributed by atoms with Gasteiger partial charge in [0.05, 0.1) is 11.4 Å². The molecule has 3 nitrogen and oxygen atoms in total. The fourth-order valence-electron chi connectivity index (χ4n) is 2.36. The average molecular weight is 274 g/mol. The van der Waals surface area contributed by atoms with Crippen molar-refractivity contribution in [2.75, 3.05) is 42.6 Å². The molecule has 0 unspecified atom stereocenters. The van der Waals surface area contributed by atoms with E-state index in [0.29, 0.717) is 31.7 Å². The lowest BCUT2D eigenvalue weighted by molar-refractivity contribution is -0.119. The number of para-hydroxylation sites is 2. The van der Waals surface area contributed by atoms with Gasteiger partial charge in [0.2, 0.25) is 0 Å². The smallest absolute Gasteiger partial charge is 0.396 e. The van der Waals surface area contributed by atoms with Crippen LogP contribution in [0.5, 0.6) is 0 Å². The van der Waals surface area contributed by atoms with E-state index in [9.17, 15) is 13.2 Å². The number of nitrogens with zero attached hydrogens (tertiary/aromatic N) is 2. The van der Waals surface area contributed by atoms with Crippen LogP contribution in [0.1, 0.15) is 6.42 Å². The molecule has 0 amide bonds. The molecule has 106 valence electrons. The quantitative estimate of drug-likeness (QED) is 0.912. The predicted octanol–water partition coefficient (Wildman–Crippen LogP) is 2.26. The second-order valence-corrected chi connectivity index (χ2v) is 4.59. The fourth-order valence-corrected chi connectivity index (χ4v) is 2.36. The van der Waals surface area contributed by atoms with Crippen molar-refractivity contribution in [1.29, 1.82) is 0 Å². The second-order valence-electron chi connectivity index (χ2n) is 4.59. The van der Waals surface area contributed by atoms with Crippen LogP contribution in [0.25, 0.3) is 0 Å². The third kappa shape index (κ3) is 3.53. The summed E-state index contributed by atoms with van der Waals surface area (Å²) in [7, 11) is 0. The predicted molar refractivity (Wildman–Crippen MR) is 68.6 cm³/mol. The largest absolute Gasteiger partial charge is 0.405 e. The molecule has 0 saturated heterocycles. The maximum absolute atomic E-state index is 12.5. The lowest BCUT2D eigenvalue weighted by Crippen LogP contribution is -2.45. The van der Waals surface area contributed by atoms with Crippen LogP contribution in [0.4, 0.5) is 24.5 Å². The van der Waals surface area contributed by atoms with Gasteiger partial charge in [0.15, 0.2) is 0 Å². The first kappa shape index (κ1) is 14.0. The van der Waals surface area contributed by atoms with Crippen LogP contribution in [0.3, 0.4) is 0 Å². The molecule has 19 heavy (non-hydrogen) atoms. The number of fused-ring (bicyclic) bond motifs is 1. The first-order chi connectivity index (χ1) is 9.01. The van der Waals surface area contributed by atoms with Crippen LogP contribution < -0.4 is 9.80 Å². The third-order valence-electron chi connectivity index (χ3n) is 3.16. The van der Waals surface area contributed by atoms with E-state index in [1.54, 1.807) is 12.1 Å². The Hall–Kier alpha value is -1.43. The zero-order valence-corrected chi connectivity index (χ0v) is 10.5. The number of aliphatic hydroxyl groups excluding tert-OH is 1. The number of rotatable bonds is 4. The number of hydrogen-bond acceptors (Lipinski definition) is 3. The molecular weight excluding hydrogens is 257 g/mol. The molecule has 1 aliphatic heterocycles. The van der Waals surface area contributed by atoms with Gasteiger partial charge in [-0.3, -0.25) is 0 Å². The summed E-state index contributed by atoms with van der Waals surface area (Å²) < 4.78 is 37.6. The van der Waals surface area contributed by atoms with Crippen molar-refractivity contribution >= 4 is 11.4 Å². The average Bonchev–Trinajstić information content (AvgIpc) is 2.36. The molecule has 1 aromatic carbocycles. The Bertz CT molecular complexity index is 423. The van der Waals surface area contributed by atoms with E-state index in [1.165, 1.54) is 4.90 Å². The summed E-state index contributed by atoms with van der Waals surface area (Å²) in [5, 5.41) is 8.86. The van der Waals surface area contributed by atoms with Crippen molar-refractivity contribution in [2.24, 2.45) is 0 Å². The molecule has 1 aromatic rings. The molecule has 0 spiro atoms. The van der Waals surface area contributed by atoms with Gasteiger partial charge in [-0.1, -0.05) is 12.1 Å². The number of halogens is 3. The topological polar surface area (TPSA) is 26.7 Å². The van der Waals surface area contributed by atoms with Crippen molar-refractivity contribution in [3.05, 3.63) is 24.3 Å². The van der Waals surface area contributed by atoms with Crippen molar-refractivity contribution in [3.63, 3.8) is 0 Å². The molecule has 2 rings (SSSR count). The summed E-state index contributed by atoms with van der Waals surface area (Å²) in [5.41, 5.74) is 1.43. The number of hydrogen-bond donors (Lipinski definition) is 1. The van der Waals surface area contributed by atoms with Crippen molar-refractivity contribution in [1.82, 2.24) is 0 Å². The Morgan fingerprint density at radius 2 is 1.63 bits per heavy atom. The molecule has 1 aliphatic rings. The highest BCUT2D eigenvalue weighted by molar-refractivity contribution is 5.73. The van der Waals surface area contributed by atoms with Gasteiger partial charge >= 0.3 is 6.18 Å². The highest BCUT2D eigenvalue weighted by Crippen LogP contribution is 2.34. The van der Waals surface area contributed by atoms with Crippen molar-refractivity contribution in [3.8, 4) is 0 Å². The molecule has 0 aromatic heterocycles. The van der Waals surface area contributed by atoms with Gasteiger partial charge in [-0.05, 0) is 18.6 Å². The van der Waals surface area contributed by atoms with E-state index < -0.39 is 12.7 Å². The minimum atomic E-state index is -4.19. The van der Waals surface area contributed by atoms with Crippen LogP contribution >= 0.6 is 0 Å². The highest BCUT2D eigenvalue weighted by atomic mass is 19.4. The minimum absolute atomic E-state index is 0.0882. The standard InChI is InChI=1S/C13H17F3N2O/c14-13(15,16)10-18-8-7-17(6-3-9-19)11-4-1-2-5-12(11)18/h1-2,4-5,19H,3,6-10H2. The molecule has 0 bridgehead atoms. The van der Waals surface area contributed by atoms with E-state index in [-0.39, 0.29) is 6.61 Å². The van der Waals surface area contributed by atoms with E-state index in [2.05, 4.69) is 0 Å². The Kier molecular flexibility index (Phi) is 4.19. The second kappa shape index (κ2) is 5.69. The first-order valence-corrected chi connectivity index (χ1v) is 6.28. The zero-order valence-electron chi connectivity index (χ0n) is 10.5. The highest BCUT2D eigenvalue weighted by Gasteiger charge is 2.33. The number of alkyl halides is 3. The van der Waals surface area contributed by atoms with Crippen molar-refractivity contribution in [2.45, 2.75) is 12.6 Å². The summed E-state index contributed by atoms with van der Waals surface area (Å²) >= 11 is 0. The van der Waals surface area contributed by atoms with Gasteiger partial charge < -0.3 is 14.9 Å². The van der Waals surface area contributed by atoms with Crippen LogP contribution in [-0.2, 0) is 0 Å². The molecule has 0 atom stereocenters. The number of benzene rings is 1. The van der Waals surface area contributed by atoms with Gasteiger partial charge in [0.1, 0.15) is 6.54 Å². The number of aliphatic hydroxyl groups is 1. The molecule has 1 N–H and O–H groups in total. The van der Waals surface area contributed by atoms with Gasteiger partial charge in [0, 0.05) is 26.2 Å². The summed E-state index contributed by atoms with van der Waals surface area (Å²) in [6.07, 6.45) is -3.58. The minimum Gasteiger partial charge on any atom is -0.396 e. The molecule has 0 saturated carbocycles. The Morgan fingerprint density at radius 3 is 2.21 bits per heavy atom.